The summed E-state index contributed by atoms with van der Waals surface area (Å²) in [6, 6.07) is 21.7. The Balaban J connectivity index is 1.50. The van der Waals surface area contributed by atoms with Crippen molar-refractivity contribution in [3.63, 3.8) is 0 Å². The molecular formula is C23H21NO5. The van der Waals surface area contributed by atoms with Crippen LogP contribution in [-0.2, 0) is 11.4 Å². The number of benzene rings is 3. The van der Waals surface area contributed by atoms with Crippen LogP contribution in [0, 0.1) is 0 Å². The maximum atomic E-state index is 12.1. The van der Waals surface area contributed by atoms with Gasteiger partial charge in [-0.1, -0.05) is 30.3 Å². The Morgan fingerprint density at radius 1 is 0.931 bits per heavy atom. The Labute approximate surface area is 169 Å². The second-order valence-corrected chi connectivity index (χ2v) is 6.16. The van der Waals surface area contributed by atoms with Crippen molar-refractivity contribution in [2.75, 3.05) is 19.0 Å². The quantitative estimate of drug-likeness (QED) is 0.556. The van der Waals surface area contributed by atoms with Gasteiger partial charge in [-0.25, -0.2) is 0 Å². The van der Waals surface area contributed by atoms with Crippen molar-refractivity contribution in [3.05, 3.63) is 83.9 Å². The highest BCUT2D eigenvalue weighted by molar-refractivity contribution is 5.92. The van der Waals surface area contributed by atoms with E-state index >= 15 is 0 Å². The Morgan fingerprint density at radius 3 is 2.38 bits per heavy atom. The molecule has 0 atom stereocenters. The summed E-state index contributed by atoms with van der Waals surface area (Å²) in [6.07, 6.45) is 0.715. The minimum absolute atomic E-state index is 0.191. The van der Waals surface area contributed by atoms with E-state index < -0.39 is 0 Å². The molecule has 0 saturated heterocycles. The van der Waals surface area contributed by atoms with Crippen LogP contribution >= 0.6 is 0 Å². The molecule has 0 bridgehead atoms. The number of nitrogens with one attached hydrogen (secondary N) is 1. The SMILES string of the molecule is COc1cc(C=O)ccc1OCC(=O)Nc1ccc(OCc2ccccc2)cc1. The second-order valence-electron chi connectivity index (χ2n) is 6.16. The lowest BCUT2D eigenvalue weighted by Crippen LogP contribution is -2.20. The van der Waals surface area contributed by atoms with Gasteiger partial charge in [0.25, 0.3) is 5.91 Å². The van der Waals surface area contributed by atoms with Gasteiger partial charge in [-0.3, -0.25) is 9.59 Å². The van der Waals surface area contributed by atoms with Gasteiger partial charge in [-0.2, -0.15) is 0 Å². The third-order valence-electron chi connectivity index (χ3n) is 4.07. The Morgan fingerprint density at radius 2 is 1.69 bits per heavy atom. The molecule has 3 aromatic carbocycles. The van der Waals surface area contributed by atoms with Crippen LogP contribution in [0.4, 0.5) is 5.69 Å². The first kappa shape index (κ1) is 19.9. The minimum atomic E-state index is -0.315. The van der Waals surface area contributed by atoms with Crippen molar-refractivity contribution in [3.8, 4) is 17.2 Å². The molecule has 0 fully saturated rings. The first-order valence-corrected chi connectivity index (χ1v) is 9.00. The Hall–Kier alpha value is -3.80. The highest BCUT2D eigenvalue weighted by Gasteiger charge is 2.09. The van der Waals surface area contributed by atoms with E-state index in [-0.39, 0.29) is 12.5 Å². The predicted octanol–water partition coefficient (Wildman–Crippen LogP) is 4.10. The third-order valence-corrected chi connectivity index (χ3v) is 4.07. The standard InChI is InChI=1S/C23H21NO5/c1-27-22-13-18(14-25)7-12-21(22)29-16-23(26)24-19-8-10-20(11-9-19)28-15-17-5-3-2-4-6-17/h2-14H,15-16H2,1H3,(H,24,26). The van der Waals surface area contributed by atoms with Gasteiger partial charge in [0.2, 0.25) is 0 Å². The third kappa shape index (κ3) is 5.84. The van der Waals surface area contributed by atoms with E-state index in [1.54, 1.807) is 42.5 Å². The number of carbonyl (C=O) groups excluding carboxylic acids is 2. The number of anilines is 1. The van der Waals surface area contributed by atoms with Crippen LogP contribution < -0.4 is 19.5 Å². The summed E-state index contributed by atoms with van der Waals surface area (Å²) in [5.41, 5.74) is 2.18. The van der Waals surface area contributed by atoms with E-state index in [1.807, 2.05) is 30.3 Å². The van der Waals surface area contributed by atoms with Crippen molar-refractivity contribution in [2.24, 2.45) is 0 Å². The molecule has 1 amide bonds. The zero-order chi connectivity index (χ0) is 20.5. The van der Waals surface area contributed by atoms with Crippen LogP contribution in [0.15, 0.2) is 72.8 Å². The van der Waals surface area contributed by atoms with E-state index in [0.29, 0.717) is 41.4 Å². The average Bonchev–Trinajstić information content (AvgIpc) is 2.77. The number of methoxy groups -OCH3 is 1. The largest absolute Gasteiger partial charge is 0.493 e. The van der Waals surface area contributed by atoms with Crippen LogP contribution in [0.25, 0.3) is 0 Å². The number of hydrogen-bond acceptors (Lipinski definition) is 5. The van der Waals surface area contributed by atoms with Gasteiger partial charge in [-0.15, -0.1) is 0 Å². The number of ether oxygens (including phenoxy) is 3. The van der Waals surface area contributed by atoms with Gasteiger partial charge in [0.15, 0.2) is 18.1 Å². The maximum Gasteiger partial charge on any atom is 0.262 e. The number of carbonyl (C=O) groups is 2. The summed E-state index contributed by atoms with van der Waals surface area (Å²) in [7, 11) is 1.47. The van der Waals surface area contributed by atoms with Gasteiger partial charge in [-0.05, 0) is 48.0 Å². The Kier molecular flexibility index (Phi) is 6.84. The number of amides is 1. The summed E-state index contributed by atoms with van der Waals surface area (Å²) in [6.45, 7) is 0.286. The summed E-state index contributed by atoms with van der Waals surface area (Å²) in [4.78, 5) is 23.0. The zero-order valence-electron chi connectivity index (χ0n) is 16.0. The van der Waals surface area contributed by atoms with Crippen molar-refractivity contribution < 1.29 is 23.8 Å². The lowest BCUT2D eigenvalue weighted by molar-refractivity contribution is -0.118. The highest BCUT2D eigenvalue weighted by atomic mass is 16.5. The molecule has 0 aromatic heterocycles. The molecule has 0 radical (unpaired) electrons. The van der Waals surface area contributed by atoms with Crippen molar-refractivity contribution in [1.82, 2.24) is 0 Å². The molecule has 0 aliphatic heterocycles. The average molecular weight is 391 g/mol. The van der Waals surface area contributed by atoms with E-state index in [0.717, 1.165) is 5.56 Å². The van der Waals surface area contributed by atoms with Crippen LogP contribution in [0.3, 0.4) is 0 Å². The molecule has 0 unspecified atom stereocenters. The number of aldehydes is 1. The van der Waals surface area contributed by atoms with E-state index in [1.165, 1.54) is 7.11 Å². The number of hydrogen-bond donors (Lipinski definition) is 1. The summed E-state index contributed by atoms with van der Waals surface area (Å²) < 4.78 is 16.4. The first-order chi connectivity index (χ1) is 14.2. The van der Waals surface area contributed by atoms with Gasteiger partial charge in [0.05, 0.1) is 7.11 Å². The molecule has 0 spiro atoms. The summed E-state index contributed by atoms with van der Waals surface area (Å²) in [5.74, 6) is 1.17. The van der Waals surface area contributed by atoms with Crippen molar-refractivity contribution in [2.45, 2.75) is 6.61 Å². The molecule has 0 aliphatic rings. The van der Waals surface area contributed by atoms with E-state index in [2.05, 4.69) is 5.32 Å². The molecular weight excluding hydrogens is 370 g/mol. The predicted molar refractivity (Wildman–Crippen MR) is 110 cm³/mol. The molecule has 3 rings (SSSR count). The first-order valence-electron chi connectivity index (χ1n) is 9.00. The molecule has 1 N–H and O–H groups in total. The fourth-order valence-corrected chi connectivity index (χ4v) is 2.59. The minimum Gasteiger partial charge on any atom is -0.493 e. The second kappa shape index (κ2) is 9.94. The fourth-order valence-electron chi connectivity index (χ4n) is 2.59. The van der Waals surface area contributed by atoms with Gasteiger partial charge in [0.1, 0.15) is 18.6 Å². The molecule has 29 heavy (non-hydrogen) atoms. The molecule has 0 aliphatic carbocycles. The molecule has 6 heteroatoms. The van der Waals surface area contributed by atoms with Crippen molar-refractivity contribution in [1.29, 1.82) is 0 Å². The van der Waals surface area contributed by atoms with Crippen LogP contribution in [0.2, 0.25) is 0 Å². The lowest BCUT2D eigenvalue weighted by atomic mass is 10.2. The van der Waals surface area contributed by atoms with Crippen LogP contribution in [0.5, 0.6) is 17.2 Å². The normalized spacial score (nSPS) is 10.1. The summed E-state index contributed by atoms with van der Waals surface area (Å²) in [5, 5.41) is 2.76. The lowest BCUT2D eigenvalue weighted by Gasteiger charge is -2.11. The van der Waals surface area contributed by atoms with Gasteiger partial charge in [0, 0.05) is 11.3 Å². The topological polar surface area (TPSA) is 73.9 Å². The van der Waals surface area contributed by atoms with Crippen molar-refractivity contribution >= 4 is 17.9 Å². The smallest absolute Gasteiger partial charge is 0.262 e. The number of rotatable bonds is 9. The maximum absolute atomic E-state index is 12.1. The fraction of sp³-hybridized carbons (Fsp3) is 0.130. The highest BCUT2D eigenvalue weighted by Crippen LogP contribution is 2.27. The van der Waals surface area contributed by atoms with E-state index in [9.17, 15) is 9.59 Å². The van der Waals surface area contributed by atoms with E-state index in [4.69, 9.17) is 14.2 Å². The Bertz CT molecular complexity index is 955. The molecule has 3 aromatic rings. The molecule has 148 valence electrons. The monoisotopic (exact) mass is 391 g/mol. The van der Waals surface area contributed by atoms with Gasteiger partial charge < -0.3 is 19.5 Å². The molecule has 0 heterocycles. The van der Waals surface area contributed by atoms with Crippen LogP contribution in [0.1, 0.15) is 15.9 Å². The van der Waals surface area contributed by atoms with Crippen LogP contribution in [-0.4, -0.2) is 25.9 Å². The summed E-state index contributed by atoms with van der Waals surface area (Å²) >= 11 is 0. The van der Waals surface area contributed by atoms with Gasteiger partial charge >= 0.3 is 0 Å². The molecule has 0 saturated carbocycles. The zero-order valence-corrected chi connectivity index (χ0v) is 16.0. The molecule has 6 nitrogen and oxygen atoms in total.